The molecule has 0 fully saturated rings. The number of hydrogen-bond acceptors (Lipinski definition) is 3. The molecule has 7 heteroatoms. The van der Waals surface area contributed by atoms with E-state index < -0.39 is 0 Å². The SMILES string of the molecule is Cc1cccc(N(CCN2C(=O)c3cccc4c(Br)ccc(c34)C2=O)C(=O)c2ccc(Cl)cc2)c1. The van der Waals surface area contributed by atoms with Gasteiger partial charge in [0.1, 0.15) is 0 Å². The summed E-state index contributed by atoms with van der Waals surface area (Å²) in [4.78, 5) is 43.1. The highest BCUT2D eigenvalue weighted by atomic mass is 79.9. The summed E-state index contributed by atoms with van der Waals surface area (Å²) in [6, 6.07) is 23.2. The molecule has 1 aliphatic heterocycles. The van der Waals surface area contributed by atoms with E-state index in [1.165, 1.54) is 4.90 Å². The van der Waals surface area contributed by atoms with Crippen LogP contribution in [-0.4, -0.2) is 35.7 Å². The smallest absolute Gasteiger partial charge is 0.261 e. The molecule has 0 radical (unpaired) electrons. The van der Waals surface area contributed by atoms with Crippen molar-refractivity contribution in [2.75, 3.05) is 18.0 Å². The van der Waals surface area contributed by atoms with Crippen LogP contribution in [0, 0.1) is 6.92 Å². The standard InChI is InChI=1S/C28H20BrClN2O3/c1-17-4-2-5-20(16-17)31(26(33)18-8-10-19(30)11-9-18)14-15-32-27(34)22-7-3-6-21-24(29)13-12-23(25(21)22)28(32)35/h2-13,16H,14-15H2,1H3. The number of benzene rings is 4. The molecule has 4 aromatic carbocycles. The number of anilines is 1. The average molecular weight is 548 g/mol. The number of amides is 3. The fourth-order valence-corrected chi connectivity index (χ4v) is 4.99. The van der Waals surface area contributed by atoms with E-state index in [4.69, 9.17) is 11.6 Å². The Morgan fingerprint density at radius 2 is 1.60 bits per heavy atom. The summed E-state index contributed by atoms with van der Waals surface area (Å²) in [5, 5.41) is 2.01. The summed E-state index contributed by atoms with van der Waals surface area (Å²) >= 11 is 9.51. The quantitative estimate of drug-likeness (QED) is 0.268. The van der Waals surface area contributed by atoms with Crippen molar-refractivity contribution >= 4 is 61.7 Å². The second-order valence-electron chi connectivity index (χ2n) is 8.39. The molecule has 1 aliphatic rings. The molecule has 0 N–H and O–H groups in total. The molecule has 4 aromatic rings. The van der Waals surface area contributed by atoms with Gasteiger partial charge in [0, 0.05) is 50.3 Å². The third kappa shape index (κ3) is 4.24. The van der Waals surface area contributed by atoms with Crippen LogP contribution < -0.4 is 4.90 Å². The van der Waals surface area contributed by atoms with Gasteiger partial charge in [-0.05, 0) is 72.5 Å². The molecule has 5 rings (SSSR count). The van der Waals surface area contributed by atoms with Crippen LogP contribution in [0.4, 0.5) is 5.69 Å². The lowest BCUT2D eigenvalue weighted by Crippen LogP contribution is -2.46. The fraction of sp³-hybridized carbons (Fsp3) is 0.107. The second kappa shape index (κ2) is 9.29. The highest BCUT2D eigenvalue weighted by Gasteiger charge is 2.33. The molecular weight excluding hydrogens is 528 g/mol. The van der Waals surface area contributed by atoms with E-state index in [1.807, 2.05) is 43.3 Å². The van der Waals surface area contributed by atoms with Crippen molar-refractivity contribution in [1.29, 1.82) is 0 Å². The summed E-state index contributed by atoms with van der Waals surface area (Å²) in [5.74, 6) is -0.973. The maximum Gasteiger partial charge on any atom is 0.261 e. The van der Waals surface area contributed by atoms with Crippen molar-refractivity contribution in [3.8, 4) is 0 Å². The van der Waals surface area contributed by atoms with Crippen molar-refractivity contribution in [2.45, 2.75) is 6.92 Å². The first kappa shape index (κ1) is 23.3. The average Bonchev–Trinajstić information content (AvgIpc) is 2.85. The summed E-state index contributed by atoms with van der Waals surface area (Å²) in [6.07, 6.45) is 0. The number of hydrogen-bond donors (Lipinski definition) is 0. The molecular formula is C28H20BrClN2O3. The molecule has 174 valence electrons. The zero-order valence-corrected chi connectivity index (χ0v) is 21.1. The second-order valence-corrected chi connectivity index (χ2v) is 9.68. The van der Waals surface area contributed by atoms with Crippen LogP contribution in [0.5, 0.6) is 0 Å². The fourth-order valence-electron chi connectivity index (χ4n) is 4.41. The molecule has 0 atom stereocenters. The van der Waals surface area contributed by atoms with Gasteiger partial charge in [-0.2, -0.15) is 0 Å². The van der Waals surface area contributed by atoms with Gasteiger partial charge in [-0.3, -0.25) is 19.3 Å². The molecule has 0 spiro atoms. The summed E-state index contributed by atoms with van der Waals surface area (Å²) < 4.78 is 0.825. The number of imide groups is 1. The molecule has 1 heterocycles. The highest BCUT2D eigenvalue weighted by molar-refractivity contribution is 9.10. The monoisotopic (exact) mass is 546 g/mol. The lowest BCUT2D eigenvalue weighted by Gasteiger charge is -2.30. The van der Waals surface area contributed by atoms with E-state index in [1.54, 1.807) is 47.4 Å². The van der Waals surface area contributed by atoms with Gasteiger partial charge in [-0.15, -0.1) is 0 Å². The minimum Gasteiger partial charge on any atom is -0.307 e. The number of aryl methyl sites for hydroxylation is 1. The van der Waals surface area contributed by atoms with Gasteiger partial charge in [-0.1, -0.05) is 51.8 Å². The number of rotatable bonds is 5. The molecule has 35 heavy (non-hydrogen) atoms. The topological polar surface area (TPSA) is 57.7 Å². The normalized spacial score (nSPS) is 12.8. The zero-order valence-electron chi connectivity index (χ0n) is 18.8. The summed E-state index contributed by atoms with van der Waals surface area (Å²) in [5.41, 5.74) is 3.10. The minimum atomic E-state index is -0.366. The van der Waals surface area contributed by atoms with E-state index >= 15 is 0 Å². The van der Waals surface area contributed by atoms with Gasteiger partial charge < -0.3 is 4.90 Å². The number of carbonyl (C=O) groups is 3. The molecule has 0 saturated heterocycles. The molecule has 3 amide bonds. The Kier molecular flexibility index (Phi) is 6.17. The lowest BCUT2D eigenvalue weighted by atomic mass is 9.94. The van der Waals surface area contributed by atoms with Crippen LogP contribution >= 0.6 is 27.5 Å². The van der Waals surface area contributed by atoms with Crippen LogP contribution in [0.1, 0.15) is 36.6 Å². The summed E-state index contributed by atoms with van der Waals surface area (Å²) in [6.45, 7) is 2.14. The van der Waals surface area contributed by atoms with Crippen molar-refractivity contribution in [3.05, 3.63) is 111 Å². The van der Waals surface area contributed by atoms with Crippen molar-refractivity contribution in [2.24, 2.45) is 0 Å². The maximum absolute atomic E-state index is 13.5. The maximum atomic E-state index is 13.5. The third-order valence-corrected chi connectivity index (χ3v) is 7.08. The van der Waals surface area contributed by atoms with Gasteiger partial charge in [0.05, 0.1) is 0 Å². The van der Waals surface area contributed by atoms with Crippen molar-refractivity contribution in [3.63, 3.8) is 0 Å². The Labute approximate surface area is 216 Å². The predicted octanol–water partition coefficient (Wildman–Crippen LogP) is 6.51. The lowest BCUT2D eigenvalue weighted by molar-refractivity contribution is 0.0611. The Morgan fingerprint density at radius 1 is 0.914 bits per heavy atom. The zero-order chi connectivity index (χ0) is 24.7. The first-order valence-electron chi connectivity index (χ1n) is 11.1. The van der Waals surface area contributed by atoms with Crippen molar-refractivity contribution < 1.29 is 14.4 Å². The van der Waals surface area contributed by atoms with E-state index in [-0.39, 0.29) is 30.8 Å². The van der Waals surface area contributed by atoms with Crippen LogP contribution in [0.3, 0.4) is 0 Å². The highest BCUT2D eigenvalue weighted by Crippen LogP contribution is 2.34. The molecule has 0 aromatic heterocycles. The largest absolute Gasteiger partial charge is 0.307 e. The Hall–Kier alpha value is -3.48. The van der Waals surface area contributed by atoms with Crippen LogP contribution in [0.25, 0.3) is 10.8 Å². The number of carbonyl (C=O) groups excluding carboxylic acids is 3. The molecule has 0 bridgehead atoms. The summed E-state index contributed by atoms with van der Waals surface area (Å²) in [7, 11) is 0. The van der Waals surface area contributed by atoms with E-state index in [9.17, 15) is 14.4 Å². The number of nitrogens with zero attached hydrogens (tertiary/aromatic N) is 2. The number of halogens is 2. The first-order chi connectivity index (χ1) is 16.8. The van der Waals surface area contributed by atoms with E-state index in [2.05, 4.69) is 15.9 Å². The Balaban J connectivity index is 1.48. The van der Waals surface area contributed by atoms with Crippen LogP contribution in [0.2, 0.25) is 5.02 Å². The van der Waals surface area contributed by atoms with Crippen LogP contribution in [0.15, 0.2) is 83.3 Å². The van der Waals surface area contributed by atoms with E-state index in [0.717, 1.165) is 15.4 Å². The molecule has 0 unspecified atom stereocenters. The Bertz CT molecular complexity index is 1480. The van der Waals surface area contributed by atoms with Gasteiger partial charge in [-0.25, -0.2) is 0 Å². The van der Waals surface area contributed by atoms with Gasteiger partial charge in [0.25, 0.3) is 17.7 Å². The van der Waals surface area contributed by atoms with Gasteiger partial charge in [0.15, 0.2) is 0 Å². The van der Waals surface area contributed by atoms with E-state index in [0.29, 0.717) is 32.8 Å². The van der Waals surface area contributed by atoms with Gasteiger partial charge >= 0.3 is 0 Å². The minimum absolute atomic E-state index is 0.0524. The van der Waals surface area contributed by atoms with Gasteiger partial charge in [0.2, 0.25) is 0 Å². The van der Waals surface area contributed by atoms with Crippen molar-refractivity contribution in [1.82, 2.24) is 4.90 Å². The third-order valence-electron chi connectivity index (χ3n) is 6.14. The molecule has 5 nitrogen and oxygen atoms in total. The molecule has 0 aliphatic carbocycles. The van der Waals surface area contributed by atoms with Crippen LogP contribution in [-0.2, 0) is 0 Å². The Morgan fingerprint density at radius 3 is 2.31 bits per heavy atom. The first-order valence-corrected chi connectivity index (χ1v) is 12.2. The predicted molar refractivity (Wildman–Crippen MR) is 141 cm³/mol. The molecule has 0 saturated carbocycles.